The molecular weight excluding hydrogens is 360 g/mol. The predicted molar refractivity (Wildman–Crippen MR) is 108 cm³/mol. The van der Waals surface area contributed by atoms with E-state index in [0.717, 1.165) is 12.0 Å². The quantitative estimate of drug-likeness (QED) is 0.429. The Morgan fingerprint density at radius 3 is 1.88 bits per heavy atom. The lowest BCUT2D eigenvalue weighted by Crippen LogP contribution is -2.40. The zero-order chi connectivity index (χ0) is 20.4. The molecule has 1 aliphatic heterocycles. The molecule has 0 aromatic rings. The van der Waals surface area contributed by atoms with Crippen LogP contribution in [-0.2, 0) is 14.4 Å². The Bertz CT molecular complexity index is 431. The molecule has 0 amide bonds. The second kappa shape index (κ2) is 11.9. The van der Waals surface area contributed by atoms with Crippen LogP contribution < -0.4 is 11.1 Å². The maximum absolute atomic E-state index is 11.0. The molecule has 0 radical (unpaired) electrons. The van der Waals surface area contributed by atoms with Crippen LogP contribution in [-0.4, -0.2) is 52.1 Å². The third-order valence-electron chi connectivity index (χ3n) is 2.93. The Labute approximate surface area is 161 Å². The van der Waals surface area contributed by atoms with Crippen molar-refractivity contribution in [3.8, 4) is 0 Å². The number of rotatable bonds is 3. The minimum absolute atomic E-state index is 0.0826. The molecule has 1 saturated heterocycles. The van der Waals surface area contributed by atoms with Gasteiger partial charge in [0, 0.05) is 16.9 Å². The van der Waals surface area contributed by atoms with Gasteiger partial charge in [0.15, 0.2) is 0 Å². The third kappa shape index (κ3) is 14.3. The van der Waals surface area contributed by atoms with Crippen LogP contribution in [0.1, 0.15) is 48.5 Å². The van der Waals surface area contributed by atoms with Crippen molar-refractivity contribution in [3.63, 3.8) is 0 Å². The molecule has 6 nitrogen and oxygen atoms in total. The number of hydrogen-bond donors (Lipinski definition) is 4. The van der Waals surface area contributed by atoms with E-state index < -0.39 is 12.0 Å². The maximum Gasteiger partial charge on any atom is 0.321 e. The highest BCUT2D eigenvalue weighted by Gasteiger charge is 2.34. The number of carboxylic acid groups (broad SMARTS) is 1. The molecule has 3 unspecified atom stereocenters. The number of carboxylic acids is 1. The molecule has 0 aliphatic carbocycles. The maximum atomic E-state index is 11.0. The van der Waals surface area contributed by atoms with Crippen LogP contribution in [0.15, 0.2) is 0 Å². The van der Waals surface area contributed by atoms with Gasteiger partial charge in [-0.05, 0) is 12.3 Å². The van der Waals surface area contributed by atoms with Gasteiger partial charge in [0.1, 0.15) is 18.1 Å². The van der Waals surface area contributed by atoms with Crippen molar-refractivity contribution in [3.05, 3.63) is 0 Å². The summed E-state index contributed by atoms with van der Waals surface area (Å²) in [6, 6.07) is -0.734. The summed E-state index contributed by atoms with van der Waals surface area (Å²) < 4.78 is 0. The first-order valence-electron chi connectivity index (χ1n) is 8.09. The fraction of sp³-hybridized carbons (Fsp3) is 0.824. The summed E-state index contributed by atoms with van der Waals surface area (Å²) in [4.78, 5) is 30.6. The standard InChI is InChI=1S/C9H17NOS.C5H10O.C3H7NO2S/c1-6(11)7-5-12-8(10-7)9(2,3)4;1-5(2,3)4-6;4-2(1-7)3(5)6/h7-8,10H,5H2,1-4H3;4H,1-3H3;2,7H,1,4H2,(H,5,6). The lowest BCUT2D eigenvalue weighted by atomic mass is 9.96. The summed E-state index contributed by atoms with van der Waals surface area (Å²) in [5.41, 5.74) is 5.05. The smallest absolute Gasteiger partial charge is 0.321 e. The molecular formula is C17H34N2O4S2. The zero-order valence-corrected chi connectivity index (χ0v) is 18.0. The number of Topliss-reactive ketones (excluding diaryl/α,β-unsaturated/α-hetero) is 1. The lowest BCUT2D eigenvalue weighted by molar-refractivity contribution is -0.137. The molecule has 25 heavy (non-hydrogen) atoms. The van der Waals surface area contributed by atoms with Gasteiger partial charge >= 0.3 is 5.97 Å². The number of ketones is 1. The van der Waals surface area contributed by atoms with Crippen molar-refractivity contribution in [2.45, 2.75) is 65.9 Å². The van der Waals surface area contributed by atoms with E-state index in [1.807, 2.05) is 32.5 Å². The summed E-state index contributed by atoms with van der Waals surface area (Å²) in [6.07, 6.45) is 0.938. The summed E-state index contributed by atoms with van der Waals surface area (Å²) in [6.45, 7) is 13.9. The first-order chi connectivity index (χ1) is 11.2. The third-order valence-corrected chi connectivity index (χ3v) is 5.02. The van der Waals surface area contributed by atoms with Crippen molar-refractivity contribution >= 4 is 42.4 Å². The SMILES string of the molecule is CC(=O)C1CSC(C(C)(C)C)N1.CC(C)(C)C=O.NC(CS)C(=O)O. The Morgan fingerprint density at radius 2 is 1.76 bits per heavy atom. The Morgan fingerprint density at radius 1 is 1.32 bits per heavy atom. The number of carbonyl (C=O) groups is 3. The van der Waals surface area contributed by atoms with Gasteiger partial charge in [-0.2, -0.15) is 12.6 Å². The van der Waals surface area contributed by atoms with Crippen LogP contribution >= 0.6 is 24.4 Å². The molecule has 0 bridgehead atoms. The molecule has 1 aliphatic rings. The van der Waals surface area contributed by atoms with Crippen molar-refractivity contribution in [1.29, 1.82) is 0 Å². The fourth-order valence-corrected chi connectivity index (χ4v) is 2.92. The second-order valence-corrected chi connectivity index (χ2v) is 9.52. The van der Waals surface area contributed by atoms with Crippen LogP contribution in [0.25, 0.3) is 0 Å². The van der Waals surface area contributed by atoms with Gasteiger partial charge in [-0.15, -0.1) is 11.8 Å². The molecule has 0 aromatic carbocycles. The Kier molecular flexibility index (Phi) is 12.7. The summed E-state index contributed by atoms with van der Waals surface area (Å²) in [7, 11) is 0. The number of nitrogens with one attached hydrogen (secondary N) is 1. The number of hydrogen-bond acceptors (Lipinski definition) is 7. The van der Waals surface area contributed by atoms with Crippen molar-refractivity contribution in [2.75, 3.05) is 11.5 Å². The van der Waals surface area contributed by atoms with Gasteiger partial charge in [-0.1, -0.05) is 41.5 Å². The van der Waals surface area contributed by atoms with Gasteiger partial charge in [-0.25, -0.2) is 0 Å². The van der Waals surface area contributed by atoms with Crippen molar-refractivity contribution in [1.82, 2.24) is 5.32 Å². The van der Waals surface area contributed by atoms with E-state index in [2.05, 4.69) is 38.7 Å². The Hall–Kier alpha value is -0.570. The van der Waals surface area contributed by atoms with E-state index in [0.29, 0.717) is 5.37 Å². The zero-order valence-electron chi connectivity index (χ0n) is 16.3. The molecule has 0 spiro atoms. The number of aldehydes is 1. The minimum atomic E-state index is -1.00. The number of aliphatic carboxylic acids is 1. The van der Waals surface area contributed by atoms with Crippen LogP contribution in [0.4, 0.5) is 0 Å². The minimum Gasteiger partial charge on any atom is -0.480 e. The highest BCUT2D eigenvalue weighted by Crippen LogP contribution is 2.33. The predicted octanol–water partition coefficient (Wildman–Crippen LogP) is 2.21. The van der Waals surface area contributed by atoms with Gasteiger partial charge in [0.25, 0.3) is 0 Å². The number of thioether (sulfide) groups is 1. The van der Waals surface area contributed by atoms with E-state index >= 15 is 0 Å². The van der Waals surface area contributed by atoms with Crippen LogP contribution in [0, 0.1) is 10.8 Å². The molecule has 3 atom stereocenters. The largest absolute Gasteiger partial charge is 0.480 e. The highest BCUT2D eigenvalue weighted by molar-refractivity contribution is 8.00. The topological polar surface area (TPSA) is 109 Å². The van der Waals surface area contributed by atoms with E-state index in [1.165, 1.54) is 0 Å². The first kappa shape index (κ1) is 26.7. The molecule has 4 N–H and O–H groups in total. The average molecular weight is 395 g/mol. The molecule has 148 valence electrons. The Balaban J connectivity index is 0. The van der Waals surface area contributed by atoms with E-state index in [9.17, 15) is 14.4 Å². The second-order valence-electron chi connectivity index (χ2n) is 8.02. The molecule has 8 heteroatoms. The van der Waals surface area contributed by atoms with Gasteiger partial charge in [0.05, 0.1) is 11.4 Å². The van der Waals surface area contributed by atoms with Gasteiger partial charge in [-0.3, -0.25) is 14.9 Å². The van der Waals surface area contributed by atoms with Crippen molar-refractivity contribution < 1.29 is 19.5 Å². The van der Waals surface area contributed by atoms with Crippen molar-refractivity contribution in [2.24, 2.45) is 16.6 Å². The lowest BCUT2D eigenvalue weighted by Gasteiger charge is -2.26. The van der Waals surface area contributed by atoms with Crippen LogP contribution in [0.5, 0.6) is 0 Å². The highest BCUT2D eigenvalue weighted by atomic mass is 32.2. The first-order valence-corrected chi connectivity index (χ1v) is 9.77. The monoisotopic (exact) mass is 394 g/mol. The van der Waals surface area contributed by atoms with Gasteiger partial charge < -0.3 is 15.6 Å². The molecule has 1 heterocycles. The number of thiol groups is 1. The fourth-order valence-electron chi connectivity index (χ4n) is 1.28. The molecule has 0 aromatic heterocycles. The summed E-state index contributed by atoms with van der Waals surface area (Å²) in [5, 5.41) is 11.8. The summed E-state index contributed by atoms with van der Waals surface area (Å²) >= 11 is 5.50. The average Bonchev–Trinajstić information content (AvgIpc) is 2.97. The number of nitrogens with two attached hydrogens (primary N) is 1. The molecule has 0 saturated carbocycles. The normalized spacial score (nSPS) is 21.2. The van der Waals surface area contributed by atoms with Crippen LogP contribution in [0.3, 0.4) is 0 Å². The van der Waals surface area contributed by atoms with E-state index in [-0.39, 0.29) is 28.4 Å². The summed E-state index contributed by atoms with van der Waals surface area (Å²) in [5.74, 6) is 0.372. The van der Waals surface area contributed by atoms with Gasteiger partial charge in [0.2, 0.25) is 0 Å². The van der Waals surface area contributed by atoms with Crippen LogP contribution in [0.2, 0.25) is 0 Å². The molecule has 1 rings (SSSR count). The van der Waals surface area contributed by atoms with E-state index in [1.54, 1.807) is 6.92 Å². The van der Waals surface area contributed by atoms with E-state index in [4.69, 9.17) is 10.8 Å². The number of carbonyl (C=O) groups excluding carboxylic acids is 2. The molecule has 1 fully saturated rings.